The lowest BCUT2D eigenvalue weighted by Gasteiger charge is -2.23. The maximum atomic E-state index is 13.0. The fourth-order valence-corrected chi connectivity index (χ4v) is 5.53. The molecule has 0 amide bonds. The molecule has 1 atom stereocenters. The van der Waals surface area contributed by atoms with Gasteiger partial charge in [-0.25, -0.2) is 13.4 Å². The number of imidazole rings is 1. The third kappa shape index (κ3) is 2.41. The molecule has 1 aliphatic rings. The highest BCUT2D eigenvalue weighted by Gasteiger charge is 2.34. The van der Waals surface area contributed by atoms with E-state index in [0.29, 0.717) is 11.5 Å². The fourth-order valence-electron chi connectivity index (χ4n) is 2.52. The van der Waals surface area contributed by atoms with Crippen LogP contribution >= 0.6 is 11.8 Å². The molecule has 2 aromatic rings. The molecule has 0 radical (unpaired) electrons. The predicted octanol–water partition coefficient (Wildman–Crippen LogP) is 1.50. The Hall–Kier alpha value is -1.25. The molecule has 3 heterocycles. The summed E-state index contributed by atoms with van der Waals surface area (Å²) >= 11 is 1.79. The van der Waals surface area contributed by atoms with Gasteiger partial charge in [-0.2, -0.15) is 16.1 Å². The summed E-state index contributed by atoms with van der Waals surface area (Å²) in [6.45, 7) is 0. The minimum Gasteiger partial charge on any atom is -0.371 e. The number of hydrogen-bond acceptors (Lipinski definition) is 5. The van der Waals surface area contributed by atoms with Crippen LogP contribution < -0.4 is 5.32 Å². The first kappa shape index (κ1) is 14.7. The zero-order valence-corrected chi connectivity index (χ0v) is 13.6. The van der Waals surface area contributed by atoms with E-state index in [1.807, 2.05) is 6.07 Å². The number of anilines is 1. The van der Waals surface area contributed by atoms with E-state index in [4.69, 9.17) is 0 Å². The van der Waals surface area contributed by atoms with Crippen molar-refractivity contribution in [2.75, 3.05) is 30.9 Å². The molecule has 21 heavy (non-hydrogen) atoms. The quantitative estimate of drug-likeness (QED) is 0.922. The number of fused-ring (bicyclic) bond motifs is 1. The average molecular weight is 326 g/mol. The van der Waals surface area contributed by atoms with Crippen molar-refractivity contribution in [3.05, 3.63) is 24.4 Å². The van der Waals surface area contributed by atoms with Crippen LogP contribution in [-0.2, 0) is 10.0 Å². The van der Waals surface area contributed by atoms with E-state index in [2.05, 4.69) is 10.3 Å². The lowest BCUT2D eigenvalue weighted by Crippen LogP contribution is -2.37. The van der Waals surface area contributed by atoms with Gasteiger partial charge in [0, 0.05) is 32.1 Å². The second kappa shape index (κ2) is 5.51. The zero-order chi connectivity index (χ0) is 15.0. The molecule has 8 heteroatoms. The summed E-state index contributed by atoms with van der Waals surface area (Å²) in [6.07, 6.45) is 2.62. The number of sulfonamides is 1. The molecule has 1 unspecified atom stereocenters. The summed E-state index contributed by atoms with van der Waals surface area (Å²) in [5.41, 5.74) is 0.620. The third-order valence-corrected chi connectivity index (χ3v) is 6.85. The summed E-state index contributed by atoms with van der Waals surface area (Å²) in [6, 6.07) is 5.50. The summed E-state index contributed by atoms with van der Waals surface area (Å²) < 4.78 is 29.1. The second-order valence-electron chi connectivity index (χ2n) is 4.98. The standard InChI is InChI=1S/C13H18N4O2S2/c1-14-12-13(17-7-4-3-5-11(17)15-12)21(18,19)16(2)10-6-8-20-9-10/h3-5,7,10,14H,6,8-9H2,1-2H3. The molecule has 0 spiro atoms. The first-order valence-electron chi connectivity index (χ1n) is 6.76. The van der Waals surface area contributed by atoms with Gasteiger partial charge in [0.2, 0.25) is 0 Å². The van der Waals surface area contributed by atoms with Gasteiger partial charge in [0.15, 0.2) is 10.8 Å². The largest absolute Gasteiger partial charge is 0.371 e. The summed E-state index contributed by atoms with van der Waals surface area (Å²) in [5, 5.41) is 3.10. The maximum Gasteiger partial charge on any atom is 0.262 e. The van der Waals surface area contributed by atoms with Gasteiger partial charge in [0.05, 0.1) is 0 Å². The number of hydrogen-bond donors (Lipinski definition) is 1. The molecule has 6 nitrogen and oxygen atoms in total. The number of rotatable bonds is 4. The fraction of sp³-hybridized carbons (Fsp3) is 0.462. The van der Waals surface area contributed by atoms with Crippen molar-refractivity contribution in [1.82, 2.24) is 13.7 Å². The van der Waals surface area contributed by atoms with Crippen LogP contribution in [0.3, 0.4) is 0 Å². The van der Waals surface area contributed by atoms with E-state index >= 15 is 0 Å². The Morgan fingerprint density at radius 2 is 2.29 bits per heavy atom. The molecule has 0 saturated carbocycles. The van der Waals surface area contributed by atoms with Gasteiger partial charge in [-0.15, -0.1) is 0 Å². The summed E-state index contributed by atoms with van der Waals surface area (Å²) in [7, 11) is -0.243. The second-order valence-corrected chi connectivity index (χ2v) is 8.05. The molecule has 114 valence electrons. The molecule has 0 aromatic carbocycles. The summed E-state index contributed by atoms with van der Waals surface area (Å²) in [5.74, 6) is 2.25. The van der Waals surface area contributed by atoms with E-state index in [0.717, 1.165) is 17.9 Å². The molecule has 1 aliphatic heterocycles. The van der Waals surface area contributed by atoms with Crippen LogP contribution in [0.4, 0.5) is 5.82 Å². The van der Waals surface area contributed by atoms with E-state index in [1.165, 1.54) is 4.31 Å². The van der Waals surface area contributed by atoms with Gasteiger partial charge in [-0.05, 0) is 24.3 Å². The Labute approximate surface area is 128 Å². The molecule has 0 bridgehead atoms. The van der Waals surface area contributed by atoms with E-state index in [9.17, 15) is 8.42 Å². The number of nitrogens with zero attached hydrogens (tertiary/aromatic N) is 3. The average Bonchev–Trinajstić information content (AvgIpc) is 3.13. The number of pyridine rings is 1. The van der Waals surface area contributed by atoms with Crippen molar-refractivity contribution < 1.29 is 8.42 Å². The Morgan fingerprint density at radius 1 is 1.48 bits per heavy atom. The van der Waals surface area contributed by atoms with Crippen LogP contribution in [0.5, 0.6) is 0 Å². The summed E-state index contributed by atoms with van der Waals surface area (Å²) in [4.78, 5) is 4.35. The molecular weight excluding hydrogens is 308 g/mol. The minimum atomic E-state index is -3.59. The van der Waals surface area contributed by atoms with E-state index in [-0.39, 0.29) is 11.1 Å². The smallest absolute Gasteiger partial charge is 0.262 e. The molecule has 2 aromatic heterocycles. The predicted molar refractivity (Wildman–Crippen MR) is 85.4 cm³/mol. The van der Waals surface area contributed by atoms with Crippen molar-refractivity contribution in [3.8, 4) is 0 Å². The monoisotopic (exact) mass is 326 g/mol. The number of thioether (sulfide) groups is 1. The first-order valence-corrected chi connectivity index (χ1v) is 9.36. The topological polar surface area (TPSA) is 66.7 Å². The van der Waals surface area contributed by atoms with Crippen LogP contribution in [0.15, 0.2) is 29.4 Å². The SMILES string of the molecule is CNc1nc2ccccn2c1S(=O)(=O)N(C)C1CCSC1. The van der Waals surface area contributed by atoms with Crippen molar-refractivity contribution in [2.45, 2.75) is 17.5 Å². The van der Waals surface area contributed by atoms with Crippen molar-refractivity contribution in [2.24, 2.45) is 0 Å². The minimum absolute atomic E-state index is 0.0546. The number of aromatic nitrogens is 2. The Kier molecular flexibility index (Phi) is 3.85. The van der Waals surface area contributed by atoms with E-state index < -0.39 is 10.0 Å². The molecule has 1 saturated heterocycles. The van der Waals surface area contributed by atoms with Gasteiger partial charge in [0.1, 0.15) is 5.65 Å². The van der Waals surface area contributed by atoms with Gasteiger partial charge in [-0.1, -0.05) is 6.07 Å². The van der Waals surface area contributed by atoms with Crippen molar-refractivity contribution >= 4 is 33.3 Å². The van der Waals surface area contributed by atoms with Crippen molar-refractivity contribution in [3.63, 3.8) is 0 Å². The van der Waals surface area contributed by atoms with E-state index in [1.54, 1.807) is 48.6 Å². The zero-order valence-electron chi connectivity index (χ0n) is 12.0. The van der Waals surface area contributed by atoms with Crippen molar-refractivity contribution in [1.29, 1.82) is 0 Å². The van der Waals surface area contributed by atoms with Crippen LogP contribution in [0.2, 0.25) is 0 Å². The third-order valence-electron chi connectivity index (χ3n) is 3.77. The highest BCUT2D eigenvalue weighted by Crippen LogP contribution is 2.30. The molecule has 0 aliphatic carbocycles. The Bertz CT molecular complexity index is 751. The van der Waals surface area contributed by atoms with Gasteiger partial charge in [0.25, 0.3) is 10.0 Å². The van der Waals surface area contributed by atoms with Crippen LogP contribution in [-0.4, -0.2) is 53.8 Å². The molecular formula is C13H18N4O2S2. The highest BCUT2D eigenvalue weighted by molar-refractivity contribution is 7.99. The molecule has 1 N–H and O–H groups in total. The number of nitrogens with one attached hydrogen (secondary N) is 1. The Morgan fingerprint density at radius 3 is 2.95 bits per heavy atom. The van der Waals surface area contributed by atoms with Crippen LogP contribution in [0.1, 0.15) is 6.42 Å². The van der Waals surface area contributed by atoms with Gasteiger partial charge in [-0.3, -0.25) is 4.40 Å². The lowest BCUT2D eigenvalue weighted by molar-refractivity contribution is 0.393. The normalized spacial score (nSPS) is 19.5. The first-order chi connectivity index (χ1) is 10.1. The van der Waals surface area contributed by atoms with Gasteiger partial charge >= 0.3 is 0 Å². The van der Waals surface area contributed by atoms with Gasteiger partial charge < -0.3 is 5.32 Å². The highest BCUT2D eigenvalue weighted by atomic mass is 32.2. The molecule has 3 rings (SSSR count). The van der Waals surface area contributed by atoms with Crippen LogP contribution in [0.25, 0.3) is 5.65 Å². The Balaban J connectivity index is 2.13. The lowest BCUT2D eigenvalue weighted by atomic mass is 10.3. The maximum absolute atomic E-state index is 13.0. The van der Waals surface area contributed by atoms with Crippen LogP contribution in [0, 0.1) is 0 Å². The molecule has 1 fully saturated rings.